The number of carbonyl (C=O) groups is 1. The van der Waals surface area contributed by atoms with Gasteiger partial charge in [0.1, 0.15) is 0 Å². The van der Waals surface area contributed by atoms with E-state index in [1.807, 2.05) is 36.5 Å². The van der Waals surface area contributed by atoms with E-state index in [0.717, 1.165) is 62.2 Å². The first kappa shape index (κ1) is 25.9. The van der Waals surface area contributed by atoms with Crippen LogP contribution in [-0.2, 0) is 9.53 Å². The Labute approximate surface area is 216 Å². The van der Waals surface area contributed by atoms with Crippen molar-refractivity contribution in [3.63, 3.8) is 0 Å². The van der Waals surface area contributed by atoms with Crippen LogP contribution in [0.1, 0.15) is 0 Å². The molecule has 1 aliphatic rings. The summed E-state index contributed by atoms with van der Waals surface area (Å²) < 4.78 is 5.18. The molecule has 4 rings (SSSR count). The van der Waals surface area contributed by atoms with Gasteiger partial charge in [-0.05, 0) is 36.4 Å². The third-order valence-corrected chi connectivity index (χ3v) is 6.27. The van der Waals surface area contributed by atoms with E-state index in [1.54, 1.807) is 38.8 Å². The summed E-state index contributed by atoms with van der Waals surface area (Å²) >= 11 is 0. The molecule has 1 aromatic carbocycles. The number of aromatic nitrogens is 2. The Balaban J connectivity index is 1.43. The largest absolute Gasteiger partial charge is 0.515 e. The lowest BCUT2D eigenvalue weighted by Gasteiger charge is -2.36. The molecule has 0 unspecified atom stereocenters. The molecule has 3 aromatic rings. The Kier molecular flexibility index (Phi) is 8.90. The Hall–Kier alpha value is -4.15. The maximum atomic E-state index is 13.1. The molecule has 0 saturated carbocycles. The van der Waals surface area contributed by atoms with E-state index in [4.69, 9.17) is 4.74 Å². The second kappa shape index (κ2) is 12.7. The topological polar surface area (TPSA) is 118 Å². The number of carbonyl (C=O) groups excluding carboxylic acids is 1. The zero-order chi connectivity index (χ0) is 26.0. The quantitative estimate of drug-likeness (QED) is 0.145. The molecular formula is C27H33N7O3. The number of rotatable bonds is 10. The maximum absolute atomic E-state index is 13.1. The number of methoxy groups -OCH3 is 1. The van der Waals surface area contributed by atoms with Crippen LogP contribution < -0.4 is 15.5 Å². The third-order valence-electron chi connectivity index (χ3n) is 6.27. The number of nitrogens with one attached hydrogen (secondary N) is 3. The first-order valence-electron chi connectivity index (χ1n) is 12.2. The number of amides is 1. The molecule has 0 radical (unpaired) electrons. The number of aliphatic hydroxyl groups excluding tert-OH is 1. The molecule has 4 N–H and O–H groups in total. The van der Waals surface area contributed by atoms with E-state index in [2.05, 4.69) is 35.4 Å². The van der Waals surface area contributed by atoms with Crippen LogP contribution in [0.4, 0.5) is 17.1 Å². The number of aromatic amines is 1. The fraction of sp³-hybridized carbons (Fsp3) is 0.296. The van der Waals surface area contributed by atoms with Crippen molar-refractivity contribution in [2.45, 2.75) is 0 Å². The Bertz CT molecular complexity index is 1270. The standard InChI is InChI=1S/C27H33N7O3/c1-28-9-8-24(32-26-18-29-17-25-22(26)7-10-30-25)23(19-35)27(36)31-20-3-5-21(6-4-20)34-13-11-33(12-14-34)15-16-37-2/h3-10,17-19,30,32,35H,11-16H2,1-2H3,(H,31,36)/b23-19-,24-8+,28-9?. The van der Waals surface area contributed by atoms with E-state index >= 15 is 0 Å². The number of aliphatic imine (C=N–C) groups is 1. The molecule has 0 atom stereocenters. The molecule has 1 fully saturated rings. The van der Waals surface area contributed by atoms with Gasteiger partial charge in [0.25, 0.3) is 5.91 Å². The molecule has 1 saturated heterocycles. The summed E-state index contributed by atoms with van der Waals surface area (Å²) in [7, 11) is 3.36. The molecule has 10 nitrogen and oxygen atoms in total. The summed E-state index contributed by atoms with van der Waals surface area (Å²) in [6.07, 6.45) is 9.17. The van der Waals surface area contributed by atoms with Crippen LogP contribution in [0.2, 0.25) is 0 Å². The molecule has 0 aliphatic carbocycles. The number of aliphatic hydroxyl groups is 1. The predicted octanol–water partition coefficient (Wildman–Crippen LogP) is 3.41. The van der Waals surface area contributed by atoms with Gasteiger partial charge in [-0.15, -0.1) is 0 Å². The zero-order valence-corrected chi connectivity index (χ0v) is 21.1. The number of hydrogen-bond acceptors (Lipinski definition) is 8. The molecule has 0 bridgehead atoms. The monoisotopic (exact) mass is 503 g/mol. The van der Waals surface area contributed by atoms with Crippen LogP contribution in [0.15, 0.2) is 77.5 Å². The van der Waals surface area contributed by atoms with E-state index in [-0.39, 0.29) is 5.57 Å². The highest BCUT2D eigenvalue weighted by molar-refractivity contribution is 6.08. The number of anilines is 3. The third kappa shape index (κ3) is 6.54. The SMILES string of the molecule is CN=C/C=C(Nc1cncc2[nH]ccc12)\C(=C\O)C(=O)Nc1ccc(N2CCN(CCOC)CC2)cc1. The lowest BCUT2D eigenvalue weighted by atomic mass is 10.1. The van der Waals surface area contributed by atoms with Gasteiger partial charge in [-0.2, -0.15) is 0 Å². The average molecular weight is 504 g/mol. The van der Waals surface area contributed by atoms with Crippen molar-refractivity contribution in [1.82, 2.24) is 14.9 Å². The van der Waals surface area contributed by atoms with E-state index in [1.165, 1.54) is 0 Å². The smallest absolute Gasteiger partial charge is 0.260 e. The molecule has 37 heavy (non-hydrogen) atoms. The van der Waals surface area contributed by atoms with Crippen molar-refractivity contribution >= 4 is 40.1 Å². The first-order valence-corrected chi connectivity index (χ1v) is 12.2. The number of nitrogens with zero attached hydrogens (tertiary/aromatic N) is 4. The summed E-state index contributed by atoms with van der Waals surface area (Å²) in [5.74, 6) is -0.459. The Morgan fingerprint density at radius 1 is 1.16 bits per heavy atom. The molecular weight excluding hydrogens is 470 g/mol. The summed E-state index contributed by atoms with van der Waals surface area (Å²) in [5.41, 5.74) is 3.71. The van der Waals surface area contributed by atoms with Crippen LogP contribution in [0.3, 0.4) is 0 Å². The molecule has 194 valence electrons. The zero-order valence-electron chi connectivity index (χ0n) is 21.1. The molecule has 2 aromatic heterocycles. The fourth-order valence-corrected chi connectivity index (χ4v) is 4.23. The highest BCUT2D eigenvalue weighted by Gasteiger charge is 2.19. The van der Waals surface area contributed by atoms with Crippen LogP contribution >= 0.6 is 0 Å². The number of benzene rings is 1. The van der Waals surface area contributed by atoms with Gasteiger partial charge in [-0.1, -0.05) is 0 Å². The molecule has 1 aliphatic heterocycles. The van der Waals surface area contributed by atoms with E-state index in [0.29, 0.717) is 17.1 Å². The minimum absolute atomic E-state index is 0.0590. The van der Waals surface area contributed by atoms with Gasteiger partial charge < -0.3 is 30.4 Å². The highest BCUT2D eigenvalue weighted by atomic mass is 16.5. The Morgan fingerprint density at radius 2 is 1.95 bits per heavy atom. The first-order chi connectivity index (χ1) is 18.1. The number of fused-ring (bicyclic) bond motifs is 1. The van der Waals surface area contributed by atoms with Crippen LogP contribution in [0.25, 0.3) is 10.9 Å². The van der Waals surface area contributed by atoms with Gasteiger partial charge in [0, 0.05) is 76.1 Å². The second-order valence-corrected chi connectivity index (χ2v) is 8.60. The summed E-state index contributed by atoms with van der Waals surface area (Å²) in [6, 6.07) is 9.65. The maximum Gasteiger partial charge on any atom is 0.260 e. The van der Waals surface area contributed by atoms with Crippen molar-refractivity contribution in [3.05, 3.63) is 72.5 Å². The highest BCUT2D eigenvalue weighted by Crippen LogP contribution is 2.25. The normalized spacial score (nSPS) is 15.5. The van der Waals surface area contributed by atoms with E-state index < -0.39 is 5.91 Å². The van der Waals surface area contributed by atoms with Gasteiger partial charge in [0.05, 0.1) is 47.7 Å². The number of pyridine rings is 1. The second-order valence-electron chi connectivity index (χ2n) is 8.60. The van der Waals surface area contributed by atoms with Gasteiger partial charge in [0.2, 0.25) is 0 Å². The van der Waals surface area contributed by atoms with Gasteiger partial charge >= 0.3 is 0 Å². The molecule has 3 heterocycles. The van der Waals surface area contributed by atoms with Crippen molar-refractivity contribution < 1.29 is 14.6 Å². The van der Waals surface area contributed by atoms with Gasteiger partial charge in [-0.3, -0.25) is 19.7 Å². The summed E-state index contributed by atoms with van der Waals surface area (Å²) in [6.45, 7) is 5.55. The molecule has 10 heteroatoms. The minimum Gasteiger partial charge on any atom is -0.515 e. The molecule has 0 spiro atoms. The fourth-order valence-electron chi connectivity index (χ4n) is 4.23. The van der Waals surface area contributed by atoms with Crippen LogP contribution in [0, 0.1) is 0 Å². The van der Waals surface area contributed by atoms with Crippen LogP contribution in [-0.4, -0.2) is 85.6 Å². The van der Waals surface area contributed by atoms with Crippen molar-refractivity contribution in [2.24, 2.45) is 4.99 Å². The lowest BCUT2D eigenvalue weighted by Crippen LogP contribution is -2.47. The van der Waals surface area contributed by atoms with Crippen LogP contribution in [0.5, 0.6) is 0 Å². The van der Waals surface area contributed by atoms with Crippen molar-refractivity contribution in [1.29, 1.82) is 0 Å². The number of H-pyrrole nitrogens is 1. The van der Waals surface area contributed by atoms with Crippen molar-refractivity contribution in [3.8, 4) is 0 Å². The summed E-state index contributed by atoms with van der Waals surface area (Å²) in [5, 5.41) is 17.0. The number of allylic oxidation sites excluding steroid dienone is 1. The predicted molar refractivity (Wildman–Crippen MR) is 149 cm³/mol. The number of hydrogen-bond donors (Lipinski definition) is 4. The van der Waals surface area contributed by atoms with Gasteiger partial charge in [0.15, 0.2) is 0 Å². The molecule has 1 amide bonds. The minimum atomic E-state index is -0.459. The summed E-state index contributed by atoms with van der Waals surface area (Å²) in [4.78, 5) is 29.2. The van der Waals surface area contributed by atoms with Gasteiger partial charge in [-0.25, -0.2) is 0 Å². The average Bonchev–Trinajstić information content (AvgIpc) is 3.41. The van der Waals surface area contributed by atoms with E-state index in [9.17, 15) is 9.90 Å². The lowest BCUT2D eigenvalue weighted by molar-refractivity contribution is -0.112. The number of piperazine rings is 1. The number of ether oxygens (including phenoxy) is 1. The Morgan fingerprint density at radius 3 is 2.65 bits per heavy atom. The van der Waals surface area contributed by atoms with Crippen molar-refractivity contribution in [2.75, 3.05) is 69.0 Å².